The van der Waals surface area contributed by atoms with Crippen molar-refractivity contribution in [2.45, 2.75) is 6.42 Å². The van der Waals surface area contributed by atoms with Gasteiger partial charge in [-0.25, -0.2) is 0 Å². The van der Waals surface area contributed by atoms with Crippen molar-refractivity contribution in [3.63, 3.8) is 0 Å². The van der Waals surface area contributed by atoms with Gasteiger partial charge in [0.2, 0.25) is 0 Å². The first kappa shape index (κ1) is 12.9. The van der Waals surface area contributed by atoms with Crippen molar-refractivity contribution in [3.05, 3.63) is 29.3 Å². The van der Waals surface area contributed by atoms with Gasteiger partial charge in [0, 0.05) is 0 Å². The van der Waals surface area contributed by atoms with Crippen LogP contribution >= 0.6 is 11.6 Å². The minimum Gasteiger partial charge on any atom is -0.493 e. The zero-order valence-corrected chi connectivity index (χ0v) is 10.3. The summed E-state index contributed by atoms with van der Waals surface area (Å²) in [5.74, 6) is 1.14. The number of rotatable bonds is 5. The molecule has 88 valence electrons. The highest BCUT2D eigenvalue weighted by Gasteiger charge is 2.14. The van der Waals surface area contributed by atoms with Crippen LogP contribution in [-0.2, 0) is 0 Å². The molecular weight excluding hydrogens is 226 g/mol. The van der Waals surface area contributed by atoms with Crippen molar-refractivity contribution in [2.75, 3.05) is 20.8 Å². The van der Waals surface area contributed by atoms with Gasteiger partial charge in [0.1, 0.15) is 0 Å². The van der Waals surface area contributed by atoms with E-state index in [-0.39, 0.29) is 0 Å². The Bertz CT molecular complexity index is 391. The van der Waals surface area contributed by atoms with E-state index in [4.69, 9.17) is 26.8 Å². The third kappa shape index (κ3) is 2.49. The van der Waals surface area contributed by atoms with Crippen molar-refractivity contribution in [2.24, 2.45) is 5.73 Å². The fourth-order valence-electron chi connectivity index (χ4n) is 1.47. The summed E-state index contributed by atoms with van der Waals surface area (Å²) in [5.41, 5.74) is 7.23. The molecule has 0 atom stereocenters. The van der Waals surface area contributed by atoms with Gasteiger partial charge >= 0.3 is 0 Å². The zero-order valence-electron chi connectivity index (χ0n) is 9.55. The maximum absolute atomic E-state index is 6.22. The van der Waals surface area contributed by atoms with E-state index in [0.717, 1.165) is 11.1 Å². The Balaban J connectivity index is 3.18. The second-order valence-electron chi connectivity index (χ2n) is 3.30. The third-order valence-corrected chi connectivity index (χ3v) is 2.69. The Morgan fingerprint density at radius 1 is 1.38 bits per heavy atom. The van der Waals surface area contributed by atoms with E-state index in [1.807, 2.05) is 12.1 Å². The van der Waals surface area contributed by atoms with Crippen LogP contribution in [0, 0.1) is 0 Å². The molecule has 1 aromatic carbocycles. The molecule has 0 heterocycles. The Morgan fingerprint density at radius 3 is 2.56 bits per heavy atom. The van der Waals surface area contributed by atoms with Crippen LogP contribution in [0.4, 0.5) is 0 Å². The largest absolute Gasteiger partial charge is 0.493 e. The highest BCUT2D eigenvalue weighted by molar-refractivity contribution is 6.34. The maximum Gasteiger partial charge on any atom is 0.179 e. The van der Waals surface area contributed by atoms with Crippen LogP contribution in [0.25, 0.3) is 5.57 Å². The Kier molecular flexibility index (Phi) is 4.65. The van der Waals surface area contributed by atoms with Gasteiger partial charge in [0.05, 0.1) is 19.2 Å². The Hall–Kier alpha value is -1.19. The molecule has 0 aromatic heterocycles. The predicted octanol–water partition coefficient (Wildman–Crippen LogP) is 2.72. The van der Waals surface area contributed by atoms with E-state index in [1.54, 1.807) is 14.2 Å². The van der Waals surface area contributed by atoms with Crippen LogP contribution in [0.5, 0.6) is 11.5 Å². The van der Waals surface area contributed by atoms with Gasteiger partial charge < -0.3 is 15.2 Å². The highest BCUT2D eigenvalue weighted by Crippen LogP contribution is 2.39. The van der Waals surface area contributed by atoms with Gasteiger partial charge in [-0.3, -0.25) is 0 Å². The van der Waals surface area contributed by atoms with Crippen LogP contribution in [0.15, 0.2) is 18.7 Å². The number of halogens is 1. The number of benzene rings is 1. The molecule has 0 aliphatic heterocycles. The Morgan fingerprint density at radius 2 is 2.06 bits per heavy atom. The summed E-state index contributed by atoms with van der Waals surface area (Å²) in [6.45, 7) is 4.49. The molecule has 0 amide bonds. The molecule has 0 radical (unpaired) electrons. The minimum atomic E-state index is 0.514. The van der Waals surface area contributed by atoms with Crippen molar-refractivity contribution < 1.29 is 9.47 Å². The topological polar surface area (TPSA) is 44.5 Å². The van der Waals surface area contributed by atoms with Gasteiger partial charge in [-0.1, -0.05) is 18.2 Å². The molecule has 0 saturated heterocycles. The van der Waals surface area contributed by atoms with E-state index in [9.17, 15) is 0 Å². The first-order valence-electron chi connectivity index (χ1n) is 4.94. The van der Waals surface area contributed by atoms with Crippen LogP contribution in [0.1, 0.15) is 12.0 Å². The molecule has 1 aromatic rings. The molecule has 0 spiro atoms. The summed E-state index contributed by atoms with van der Waals surface area (Å²) in [5, 5.41) is 0.514. The first-order chi connectivity index (χ1) is 7.65. The molecule has 16 heavy (non-hydrogen) atoms. The van der Waals surface area contributed by atoms with Crippen molar-refractivity contribution in [3.8, 4) is 11.5 Å². The van der Waals surface area contributed by atoms with Gasteiger partial charge in [-0.15, -0.1) is 0 Å². The fraction of sp³-hybridized carbons (Fsp3) is 0.333. The summed E-state index contributed by atoms with van der Waals surface area (Å²) in [6.07, 6.45) is 0.704. The molecule has 0 aliphatic carbocycles. The molecule has 1 rings (SSSR count). The number of nitrogens with two attached hydrogens (primary N) is 1. The number of methoxy groups -OCH3 is 2. The summed E-state index contributed by atoms with van der Waals surface area (Å²) in [6, 6.07) is 3.67. The number of ether oxygens (including phenoxy) is 2. The van der Waals surface area contributed by atoms with Crippen LogP contribution in [0.3, 0.4) is 0 Å². The zero-order chi connectivity index (χ0) is 12.1. The molecule has 4 heteroatoms. The molecule has 0 saturated carbocycles. The van der Waals surface area contributed by atoms with E-state index in [0.29, 0.717) is 29.5 Å². The lowest BCUT2D eigenvalue weighted by molar-refractivity contribution is 0.355. The maximum atomic E-state index is 6.22. The van der Waals surface area contributed by atoms with Gasteiger partial charge in [0.15, 0.2) is 11.5 Å². The van der Waals surface area contributed by atoms with E-state index in [1.165, 1.54) is 0 Å². The van der Waals surface area contributed by atoms with E-state index >= 15 is 0 Å². The summed E-state index contributed by atoms with van der Waals surface area (Å²) in [7, 11) is 3.13. The predicted molar refractivity (Wildman–Crippen MR) is 67.3 cm³/mol. The van der Waals surface area contributed by atoms with Gasteiger partial charge in [-0.2, -0.15) is 0 Å². The van der Waals surface area contributed by atoms with Gasteiger partial charge in [-0.05, 0) is 36.2 Å². The van der Waals surface area contributed by atoms with Crippen molar-refractivity contribution in [1.82, 2.24) is 0 Å². The quantitative estimate of drug-likeness (QED) is 0.862. The molecule has 0 bridgehead atoms. The molecular formula is C12H16ClNO2. The average Bonchev–Trinajstić information content (AvgIpc) is 2.28. The standard InChI is InChI=1S/C12H16ClNO2/c1-8(6-7-14)9-4-5-10(15-2)12(16-3)11(9)13/h4-5H,1,6-7,14H2,2-3H3. The first-order valence-corrected chi connectivity index (χ1v) is 5.32. The molecule has 0 fully saturated rings. The fourth-order valence-corrected chi connectivity index (χ4v) is 1.84. The number of hydrogen-bond donors (Lipinski definition) is 1. The van der Waals surface area contributed by atoms with Crippen molar-refractivity contribution >= 4 is 17.2 Å². The van der Waals surface area contributed by atoms with E-state index in [2.05, 4.69) is 6.58 Å². The smallest absolute Gasteiger partial charge is 0.179 e. The van der Waals surface area contributed by atoms with Crippen LogP contribution < -0.4 is 15.2 Å². The van der Waals surface area contributed by atoms with Crippen molar-refractivity contribution in [1.29, 1.82) is 0 Å². The normalized spacial score (nSPS) is 10.0. The lowest BCUT2D eigenvalue weighted by Gasteiger charge is -2.13. The summed E-state index contributed by atoms with van der Waals surface area (Å²) >= 11 is 6.22. The SMILES string of the molecule is C=C(CCN)c1ccc(OC)c(OC)c1Cl. The molecule has 0 aliphatic rings. The minimum absolute atomic E-state index is 0.514. The monoisotopic (exact) mass is 241 g/mol. The Labute approximate surface area is 101 Å². The second-order valence-corrected chi connectivity index (χ2v) is 3.68. The summed E-state index contributed by atoms with van der Waals surface area (Å²) < 4.78 is 10.4. The second kappa shape index (κ2) is 5.77. The molecule has 3 nitrogen and oxygen atoms in total. The summed E-state index contributed by atoms with van der Waals surface area (Å²) in [4.78, 5) is 0. The van der Waals surface area contributed by atoms with Crippen LogP contribution in [0.2, 0.25) is 5.02 Å². The third-order valence-electron chi connectivity index (χ3n) is 2.31. The number of hydrogen-bond acceptors (Lipinski definition) is 3. The molecule has 0 unspecified atom stereocenters. The lowest BCUT2D eigenvalue weighted by atomic mass is 10.0. The lowest BCUT2D eigenvalue weighted by Crippen LogP contribution is -2.00. The molecule has 2 N–H and O–H groups in total. The van der Waals surface area contributed by atoms with E-state index < -0.39 is 0 Å². The highest BCUT2D eigenvalue weighted by atomic mass is 35.5. The average molecular weight is 242 g/mol. The van der Waals surface area contributed by atoms with Crippen LogP contribution in [-0.4, -0.2) is 20.8 Å². The van der Waals surface area contributed by atoms with Gasteiger partial charge in [0.25, 0.3) is 0 Å².